The molecule has 0 saturated heterocycles. The van der Waals surface area contributed by atoms with Crippen LogP contribution >= 0.6 is 0 Å². The van der Waals surface area contributed by atoms with Crippen LogP contribution in [0.2, 0.25) is 13.1 Å². The molecule has 1 atom stereocenters. The van der Waals surface area contributed by atoms with Gasteiger partial charge in [0.1, 0.15) is 0 Å². The van der Waals surface area contributed by atoms with Crippen LogP contribution in [0.25, 0.3) is 0 Å². The maximum Gasteiger partial charge on any atom is -1.00 e. The molecule has 0 amide bonds. The maximum atomic E-state index is 2.85. The molecule has 0 aromatic heterocycles. The van der Waals surface area contributed by atoms with E-state index in [1.807, 2.05) is 0 Å². The van der Waals surface area contributed by atoms with E-state index in [0.29, 0.717) is 11.5 Å². The molecule has 5 heteroatoms. The van der Waals surface area contributed by atoms with Crippen molar-refractivity contribution in [3.8, 4) is 0 Å². The summed E-state index contributed by atoms with van der Waals surface area (Å²) in [6.45, 7) is 21.5. The number of hydrogen-bond donors (Lipinski definition) is 0. The smallest absolute Gasteiger partial charge is 1.00 e. The number of allylic oxidation sites excluding steroid dienone is 3. The molecule has 116 valence electrons. The van der Waals surface area contributed by atoms with Crippen molar-refractivity contribution in [1.29, 1.82) is 0 Å². The molecule has 1 nitrogen and oxygen atoms in total. The summed E-state index contributed by atoms with van der Waals surface area (Å²) in [5.74, 6) is 0.201. The second-order valence-electron chi connectivity index (χ2n) is 6.83. The van der Waals surface area contributed by atoms with Gasteiger partial charge in [0, 0.05) is 0 Å². The van der Waals surface area contributed by atoms with Crippen LogP contribution in [0.1, 0.15) is 48.5 Å². The SMILES string of the molecule is CC1=C(C)C(C)C([N]([Zr+2][SiH](C)C)C(C)(C)C)=C1C.[Cl-].[Cl-]. The molecule has 0 saturated carbocycles. The van der Waals surface area contributed by atoms with Gasteiger partial charge in [0.25, 0.3) is 0 Å². The molecule has 1 unspecified atom stereocenters. The first-order valence-electron chi connectivity index (χ1n) is 7.02. The molecule has 0 heterocycles. The average molecular weight is 414 g/mol. The standard InChI is InChI=1S/C13H22N.C2H7Si.2ClH.Zr/c1-8-9(2)11(4)12(10(8)3)14-13(5,6)7;1-3-2;;;/h10H,1-7H3;3H,1-2H3;2*1H;/q-1;;;;+3/p-2. The Labute approximate surface area is 151 Å². The van der Waals surface area contributed by atoms with Crippen molar-refractivity contribution in [1.82, 2.24) is 2.84 Å². The second kappa shape index (κ2) is 8.56. The van der Waals surface area contributed by atoms with Crippen molar-refractivity contribution in [3.05, 3.63) is 22.4 Å². The first-order valence-corrected chi connectivity index (χ1v) is 15.3. The van der Waals surface area contributed by atoms with Gasteiger partial charge in [0.05, 0.1) is 0 Å². The van der Waals surface area contributed by atoms with Gasteiger partial charge < -0.3 is 24.8 Å². The molecule has 0 aromatic rings. The fraction of sp³-hybridized carbons (Fsp3) is 0.733. The average Bonchev–Trinajstić information content (AvgIpc) is 2.39. The van der Waals surface area contributed by atoms with Crippen molar-refractivity contribution in [3.63, 3.8) is 0 Å². The fourth-order valence-corrected chi connectivity index (χ4v) is 12.2. The molecular formula is C15H29Cl2NSiZr. The maximum absolute atomic E-state index is 2.85. The number of hydrogen-bond acceptors (Lipinski definition) is 1. The van der Waals surface area contributed by atoms with Crippen LogP contribution in [0.5, 0.6) is 0 Å². The zero-order valence-electron chi connectivity index (χ0n) is 14.4. The van der Waals surface area contributed by atoms with Crippen LogP contribution < -0.4 is 24.8 Å². The van der Waals surface area contributed by atoms with Crippen LogP contribution in [-0.4, -0.2) is 14.3 Å². The summed E-state index contributed by atoms with van der Waals surface area (Å²) in [5.41, 5.74) is 6.65. The number of nitrogens with zero attached hydrogens (tertiary/aromatic N) is 1. The topological polar surface area (TPSA) is 3.24 Å². The van der Waals surface area contributed by atoms with E-state index >= 15 is 0 Å². The minimum atomic E-state index is -0.436. The monoisotopic (exact) mass is 411 g/mol. The molecule has 0 aromatic carbocycles. The van der Waals surface area contributed by atoms with Crippen LogP contribution in [0, 0.1) is 5.92 Å². The minimum Gasteiger partial charge on any atom is -1.00 e. The van der Waals surface area contributed by atoms with Gasteiger partial charge in [-0.2, -0.15) is 0 Å². The van der Waals surface area contributed by atoms with Gasteiger partial charge in [0.15, 0.2) is 0 Å². The zero-order chi connectivity index (χ0) is 14.2. The molecule has 0 N–H and O–H groups in total. The molecule has 1 aliphatic carbocycles. The summed E-state index contributed by atoms with van der Waals surface area (Å²) in [6.07, 6.45) is 0. The quantitative estimate of drug-likeness (QED) is 0.501. The van der Waals surface area contributed by atoms with Crippen molar-refractivity contribution in [2.24, 2.45) is 5.92 Å². The normalized spacial score (nSPS) is 18.8. The molecule has 0 fully saturated rings. The predicted molar refractivity (Wildman–Crippen MR) is 80.7 cm³/mol. The Bertz CT molecular complexity index is 397. The third kappa shape index (κ3) is 5.00. The van der Waals surface area contributed by atoms with Gasteiger partial charge in [-0.05, 0) is 0 Å². The van der Waals surface area contributed by atoms with Crippen LogP contribution in [0.3, 0.4) is 0 Å². The first-order chi connectivity index (χ1) is 8.07. The molecular weight excluding hydrogens is 384 g/mol. The van der Waals surface area contributed by atoms with E-state index in [2.05, 4.69) is 64.4 Å². The number of halogens is 2. The van der Waals surface area contributed by atoms with E-state index < -0.39 is 28.6 Å². The second-order valence-corrected chi connectivity index (χ2v) is 20.9. The molecule has 20 heavy (non-hydrogen) atoms. The van der Waals surface area contributed by atoms with E-state index in [9.17, 15) is 0 Å². The van der Waals surface area contributed by atoms with Crippen LogP contribution in [-0.2, 0) is 22.7 Å². The van der Waals surface area contributed by atoms with E-state index in [-0.39, 0.29) is 24.8 Å². The molecule has 0 bridgehead atoms. The summed E-state index contributed by atoms with van der Waals surface area (Å²) < 4.78 is 2.85. The van der Waals surface area contributed by atoms with Gasteiger partial charge in [-0.3, -0.25) is 0 Å². The number of rotatable bonds is 3. The molecule has 0 spiro atoms. The minimum absolute atomic E-state index is 0. The van der Waals surface area contributed by atoms with Gasteiger partial charge in [-0.15, -0.1) is 0 Å². The molecule has 0 radical (unpaired) electrons. The molecule has 1 rings (SSSR count). The van der Waals surface area contributed by atoms with Crippen molar-refractivity contribution < 1.29 is 47.5 Å². The molecule has 0 aliphatic heterocycles. The summed E-state index contributed by atoms with van der Waals surface area (Å²) in [6, 6.07) is 0. The van der Waals surface area contributed by atoms with Crippen molar-refractivity contribution >= 4 is 5.92 Å². The predicted octanol–water partition coefficient (Wildman–Crippen LogP) is -1.66. The third-order valence-corrected chi connectivity index (χ3v) is 12.6. The van der Waals surface area contributed by atoms with Gasteiger partial charge >= 0.3 is 127 Å². The Morgan fingerprint density at radius 3 is 1.70 bits per heavy atom. The van der Waals surface area contributed by atoms with Gasteiger partial charge in [0.2, 0.25) is 0 Å². The summed E-state index contributed by atoms with van der Waals surface area (Å²) in [4.78, 5) is 0. The van der Waals surface area contributed by atoms with E-state index in [1.54, 1.807) is 16.8 Å². The van der Waals surface area contributed by atoms with Crippen molar-refractivity contribution in [2.45, 2.75) is 67.1 Å². The Hall–Kier alpha value is 0.960. The van der Waals surface area contributed by atoms with E-state index in [1.165, 1.54) is 5.57 Å². The summed E-state index contributed by atoms with van der Waals surface area (Å²) >= 11 is -0.402. The van der Waals surface area contributed by atoms with Crippen LogP contribution in [0.4, 0.5) is 0 Å². The zero-order valence-corrected chi connectivity index (χ0v) is 19.5. The Morgan fingerprint density at radius 1 is 1.00 bits per heavy atom. The molecule has 1 aliphatic rings. The fourth-order valence-electron chi connectivity index (χ4n) is 2.59. The first kappa shape index (κ1) is 23.2. The Balaban J connectivity index is 0. The van der Waals surface area contributed by atoms with E-state index in [0.717, 1.165) is 0 Å². The van der Waals surface area contributed by atoms with E-state index in [4.69, 9.17) is 0 Å². The van der Waals surface area contributed by atoms with Gasteiger partial charge in [-0.1, -0.05) is 0 Å². The summed E-state index contributed by atoms with van der Waals surface area (Å²) in [7, 11) is 0. The Morgan fingerprint density at radius 2 is 1.45 bits per heavy atom. The van der Waals surface area contributed by atoms with Gasteiger partial charge in [-0.25, -0.2) is 0 Å². The Kier molecular flexibility index (Phi) is 9.94. The third-order valence-electron chi connectivity index (χ3n) is 3.90. The van der Waals surface area contributed by atoms with Crippen molar-refractivity contribution in [2.75, 3.05) is 0 Å². The largest absolute Gasteiger partial charge is 1.00 e. The summed E-state index contributed by atoms with van der Waals surface area (Å²) in [5, 5.41) is 0. The van der Waals surface area contributed by atoms with Crippen LogP contribution in [0.15, 0.2) is 22.4 Å².